The Bertz CT molecular complexity index is 539. The maximum absolute atomic E-state index is 11.3. The Morgan fingerprint density at radius 2 is 0.833 bits per heavy atom. The van der Waals surface area contributed by atoms with Gasteiger partial charge in [0.15, 0.2) is 12.2 Å². The molecule has 4 N–H and O–H groups in total. The van der Waals surface area contributed by atoms with E-state index in [0.717, 1.165) is 0 Å². The molecule has 0 saturated carbocycles. The summed E-state index contributed by atoms with van der Waals surface area (Å²) < 4.78 is 7.99. The summed E-state index contributed by atoms with van der Waals surface area (Å²) in [5.41, 5.74) is 0. The van der Waals surface area contributed by atoms with Crippen LogP contribution < -0.4 is 221 Å². The molecule has 0 aromatic rings. The largest absolute Gasteiger partial charge is 1.00 e. The Labute approximate surface area is 354 Å². The summed E-state index contributed by atoms with van der Waals surface area (Å²) >= 11 is 0. The van der Waals surface area contributed by atoms with Gasteiger partial charge in [-0.05, 0) is 0 Å². The summed E-state index contributed by atoms with van der Waals surface area (Å²) in [5, 5.41) is 35.3. The van der Waals surface area contributed by atoms with Gasteiger partial charge in [0.2, 0.25) is 0 Å². The summed E-state index contributed by atoms with van der Waals surface area (Å²) in [6.45, 7) is 0. The number of aliphatic carboxylic acids is 2. The van der Waals surface area contributed by atoms with Crippen LogP contribution in [0.1, 0.15) is 34.2 Å². The number of carbonyl (C=O) groups is 6. The first-order valence-electron chi connectivity index (χ1n) is 6.33. The van der Waals surface area contributed by atoms with E-state index >= 15 is 0 Å². The molecular weight excluding hydrogens is 506 g/mol. The van der Waals surface area contributed by atoms with E-state index in [1.807, 2.05) is 0 Å². The van der Waals surface area contributed by atoms with Crippen LogP contribution in [0.2, 0.25) is 0 Å². The van der Waals surface area contributed by atoms with Crippen LogP contribution in [0, 0.1) is 0 Å². The molecule has 0 spiro atoms. The SMILES string of the molecule is O=C(O)CCC(=O)OC(=O)C(O)C(O)C(=O)OC(=O)CCC(=O)O.[H-].[H-].[H-].[H-].[H-].[H-].[K+].[K+].[Na+].[Na+].[Na+].[Na+]. The second-order valence-corrected chi connectivity index (χ2v) is 4.26. The fraction of sp³-hybridized carbons (Fsp3) is 0.500. The van der Waals surface area contributed by atoms with E-state index in [1.54, 1.807) is 0 Å². The number of esters is 4. The molecule has 0 fully saturated rings. The summed E-state index contributed by atoms with van der Waals surface area (Å²) in [7, 11) is 0. The Kier molecular flexibility index (Phi) is 50.5. The van der Waals surface area contributed by atoms with E-state index in [-0.39, 0.29) is 230 Å². The van der Waals surface area contributed by atoms with Crippen molar-refractivity contribution in [1.29, 1.82) is 0 Å². The number of carboxylic acids is 2. The first-order chi connectivity index (χ1) is 11.0. The topological polar surface area (TPSA) is 202 Å². The molecule has 0 aliphatic heterocycles. The van der Waals surface area contributed by atoms with Gasteiger partial charge in [-0.2, -0.15) is 0 Å². The first-order valence-corrected chi connectivity index (χ1v) is 6.33. The van der Waals surface area contributed by atoms with Crippen LogP contribution in [0.15, 0.2) is 0 Å². The monoisotopic (exact) mass is 526 g/mol. The molecule has 2 unspecified atom stereocenters. The number of aliphatic hydroxyl groups excluding tert-OH is 2. The molecule has 0 saturated heterocycles. The standard InChI is InChI=1S/C12H14O12.2K.4Na.6H/c13-5(14)1-3-7(17)23-11(21)9(19)10(20)12(22)24-8(18)4-2-6(15)16;;;;;;;;;;;;/h9-10,19-20H,1-4H2,(H,13,14)(H,15,16);;;;;;;;;;;;/q;6*+1;6*-1. The second kappa shape index (κ2) is 29.6. The third-order valence-corrected chi connectivity index (χ3v) is 2.30. The molecule has 0 amide bonds. The van der Waals surface area contributed by atoms with Crippen molar-refractivity contribution in [2.24, 2.45) is 0 Å². The molecule has 0 heterocycles. The number of hydrogen-bond donors (Lipinski definition) is 4. The first kappa shape index (κ1) is 51.1. The Balaban J connectivity index is -0.0000000401. The molecule has 30 heavy (non-hydrogen) atoms. The van der Waals surface area contributed by atoms with E-state index in [4.69, 9.17) is 10.2 Å². The molecule has 0 aliphatic rings. The van der Waals surface area contributed by atoms with Gasteiger partial charge in [-0.15, -0.1) is 0 Å². The van der Waals surface area contributed by atoms with Crippen LogP contribution >= 0.6 is 0 Å². The van der Waals surface area contributed by atoms with Gasteiger partial charge in [-0.3, -0.25) is 19.2 Å². The van der Waals surface area contributed by atoms with E-state index in [2.05, 4.69) is 9.47 Å². The smallest absolute Gasteiger partial charge is 1.00 e. The minimum Gasteiger partial charge on any atom is -1.00 e. The van der Waals surface area contributed by atoms with E-state index in [0.29, 0.717) is 0 Å². The second-order valence-electron chi connectivity index (χ2n) is 4.26. The third kappa shape index (κ3) is 27.0. The van der Waals surface area contributed by atoms with E-state index < -0.39 is 73.7 Å². The number of hydrogen-bond acceptors (Lipinski definition) is 10. The number of ether oxygens (including phenoxy) is 2. The van der Waals surface area contributed by atoms with Crippen molar-refractivity contribution in [2.75, 3.05) is 0 Å². The van der Waals surface area contributed by atoms with Crippen molar-refractivity contribution in [2.45, 2.75) is 37.9 Å². The van der Waals surface area contributed by atoms with E-state index in [1.165, 1.54) is 0 Å². The maximum Gasteiger partial charge on any atom is 1.00 e. The minimum atomic E-state index is -2.57. The molecule has 0 aliphatic carbocycles. The van der Waals surface area contributed by atoms with Gasteiger partial charge in [0.05, 0.1) is 25.7 Å². The average Bonchev–Trinajstić information content (AvgIpc) is 2.49. The summed E-state index contributed by atoms with van der Waals surface area (Å²) in [4.78, 5) is 65.1. The van der Waals surface area contributed by atoms with Gasteiger partial charge in [0, 0.05) is 0 Å². The Morgan fingerprint density at radius 1 is 0.600 bits per heavy atom. The van der Waals surface area contributed by atoms with E-state index in [9.17, 15) is 39.0 Å². The van der Waals surface area contributed by atoms with Crippen LogP contribution in [0.25, 0.3) is 0 Å². The van der Waals surface area contributed by atoms with Gasteiger partial charge in [-0.25, -0.2) is 9.59 Å². The van der Waals surface area contributed by atoms with Crippen molar-refractivity contribution in [1.82, 2.24) is 0 Å². The molecule has 0 aromatic heterocycles. The normalized spacial score (nSPS) is 10.1. The van der Waals surface area contributed by atoms with Gasteiger partial charge in [-0.1, -0.05) is 0 Å². The van der Waals surface area contributed by atoms with Crippen molar-refractivity contribution >= 4 is 35.8 Å². The maximum atomic E-state index is 11.3. The number of aliphatic hydroxyl groups is 2. The van der Waals surface area contributed by atoms with Gasteiger partial charge in [0.25, 0.3) is 0 Å². The van der Waals surface area contributed by atoms with Gasteiger partial charge in [0.1, 0.15) is 0 Å². The fourth-order valence-electron chi connectivity index (χ4n) is 1.12. The molecule has 0 bridgehead atoms. The van der Waals surface area contributed by atoms with Crippen LogP contribution in [0.3, 0.4) is 0 Å². The number of carboxylic acid groups (broad SMARTS) is 2. The fourth-order valence-corrected chi connectivity index (χ4v) is 1.12. The predicted molar refractivity (Wildman–Crippen MR) is 74.6 cm³/mol. The molecule has 0 aromatic carbocycles. The summed E-state index contributed by atoms with van der Waals surface area (Å²) in [5.74, 6) is -8.84. The zero-order chi connectivity index (χ0) is 18.9. The average molecular weight is 526 g/mol. The predicted octanol–water partition coefficient (Wildman–Crippen LogP) is -19.7. The number of carbonyl (C=O) groups excluding carboxylic acids is 4. The zero-order valence-corrected chi connectivity index (χ0v) is 32.3. The molecule has 0 radical (unpaired) electrons. The molecule has 0 rings (SSSR count). The quantitative estimate of drug-likeness (QED) is 0.126. The summed E-state index contributed by atoms with van der Waals surface area (Å²) in [6.07, 6.45) is -7.82. The molecule has 12 nitrogen and oxygen atoms in total. The van der Waals surface area contributed by atoms with Crippen LogP contribution in [0.5, 0.6) is 0 Å². The van der Waals surface area contributed by atoms with Crippen LogP contribution in [-0.2, 0) is 38.2 Å². The minimum absolute atomic E-state index is 0. The Hall–Kier alpha value is 4.41. The molecular formula is C12H20K2Na4O12. The zero-order valence-electron chi connectivity index (χ0n) is 24.0. The van der Waals surface area contributed by atoms with Gasteiger partial charge < -0.3 is 38.5 Å². The van der Waals surface area contributed by atoms with Crippen molar-refractivity contribution < 1.29 is 288 Å². The molecule has 18 heteroatoms. The van der Waals surface area contributed by atoms with Crippen molar-refractivity contribution in [3.05, 3.63) is 0 Å². The van der Waals surface area contributed by atoms with Crippen molar-refractivity contribution in [3.63, 3.8) is 0 Å². The van der Waals surface area contributed by atoms with Crippen molar-refractivity contribution in [3.8, 4) is 0 Å². The molecule has 146 valence electrons. The van der Waals surface area contributed by atoms with Crippen LogP contribution in [0.4, 0.5) is 0 Å². The van der Waals surface area contributed by atoms with Crippen LogP contribution in [-0.4, -0.2) is 68.4 Å². The summed E-state index contributed by atoms with van der Waals surface area (Å²) in [6, 6.07) is 0. The molecule has 2 atom stereocenters. The number of rotatable bonds is 9. The Morgan fingerprint density at radius 3 is 1.03 bits per heavy atom. The van der Waals surface area contributed by atoms with Gasteiger partial charge >= 0.3 is 257 Å². The third-order valence-electron chi connectivity index (χ3n) is 2.30.